The molecule has 0 fully saturated rings. The van der Waals surface area contributed by atoms with Crippen molar-refractivity contribution < 1.29 is 17.9 Å². The van der Waals surface area contributed by atoms with Crippen LogP contribution in [0.3, 0.4) is 0 Å². The summed E-state index contributed by atoms with van der Waals surface area (Å²) in [5, 5.41) is 3.06. The zero-order valence-corrected chi connectivity index (χ0v) is 12.8. The summed E-state index contributed by atoms with van der Waals surface area (Å²) >= 11 is 0. The third-order valence-corrected chi connectivity index (χ3v) is 3.01. The maximum Gasteiger partial charge on any atom is 0.416 e. The molecule has 2 rings (SSSR count). The van der Waals surface area contributed by atoms with Crippen LogP contribution in [0, 0.1) is 6.92 Å². The van der Waals surface area contributed by atoms with Gasteiger partial charge in [0.15, 0.2) is 5.82 Å². The smallest absolute Gasteiger partial charge is 0.377 e. The Kier molecular flexibility index (Phi) is 5.49. The van der Waals surface area contributed by atoms with Crippen molar-refractivity contribution in [3.63, 3.8) is 0 Å². The van der Waals surface area contributed by atoms with Crippen molar-refractivity contribution in [3.8, 4) is 0 Å². The lowest BCUT2D eigenvalue weighted by atomic mass is 10.2. The summed E-state index contributed by atoms with van der Waals surface area (Å²) in [7, 11) is 1.55. The second-order valence-electron chi connectivity index (χ2n) is 4.95. The first-order valence-electron chi connectivity index (χ1n) is 6.98. The molecule has 2 aromatic rings. The van der Waals surface area contributed by atoms with Gasteiger partial charge >= 0.3 is 6.18 Å². The van der Waals surface area contributed by atoms with E-state index in [1.54, 1.807) is 13.2 Å². The predicted octanol–water partition coefficient (Wildman–Crippen LogP) is 3.00. The van der Waals surface area contributed by atoms with E-state index in [0.717, 1.165) is 17.8 Å². The van der Waals surface area contributed by atoms with E-state index < -0.39 is 11.7 Å². The topological polar surface area (TPSA) is 59.9 Å². The van der Waals surface area contributed by atoms with Gasteiger partial charge in [0, 0.05) is 43.7 Å². The third kappa shape index (κ3) is 5.17. The van der Waals surface area contributed by atoms with E-state index in [1.807, 2.05) is 6.92 Å². The van der Waals surface area contributed by atoms with Gasteiger partial charge in [-0.25, -0.2) is 9.97 Å². The van der Waals surface area contributed by atoms with Gasteiger partial charge in [0.25, 0.3) is 0 Å². The minimum absolute atomic E-state index is 0.297. The number of methoxy groups -OCH3 is 1. The van der Waals surface area contributed by atoms with Crippen molar-refractivity contribution in [2.75, 3.05) is 19.0 Å². The molecule has 23 heavy (non-hydrogen) atoms. The van der Waals surface area contributed by atoms with Gasteiger partial charge in [0.1, 0.15) is 12.4 Å². The molecule has 2 aromatic heterocycles. The highest BCUT2D eigenvalue weighted by Gasteiger charge is 2.30. The molecule has 2 heterocycles. The Morgan fingerprint density at radius 1 is 1.22 bits per heavy atom. The average molecular weight is 326 g/mol. The number of rotatable bonds is 6. The van der Waals surface area contributed by atoms with E-state index >= 15 is 0 Å². The minimum atomic E-state index is -4.36. The Balaban J connectivity index is 1.97. The lowest BCUT2D eigenvalue weighted by molar-refractivity contribution is -0.137. The molecule has 124 valence electrons. The molecule has 0 spiro atoms. The summed E-state index contributed by atoms with van der Waals surface area (Å²) in [6, 6.07) is 3.78. The number of aromatic nitrogens is 3. The SMILES string of the molecule is COCc1nc(C)cc(NCCc2cc(C(F)(F)F)ccn2)n1. The van der Waals surface area contributed by atoms with Gasteiger partial charge in [-0.1, -0.05) is 0 Å². The zero-order chi connectivity index (χ0) is 16.9. The summed E-state index contributed by atoms with van der Waals surface area (Å²) in [5.41, 5.74) is 0.463. The van der Waals surface area contributed by atoms with Gasteiger partial charge in [-0.15, -0.1) is 0 Å². The Morgan fingerprint density at radius 2 is 2.00 bits per heavy atom. The maximum atomic E-state index is 12.6. The average Bonchev–Trinajstić information content (AvgIpc) is 2.46. The van der Waals surface area contributed by atoms with Crippen LogP contribution in [0.1, 0.15) is 22.8 Å². The van der Waals surface area contributed by atoms with Crippen LogP contribution in [0.25, 0.3) is 0 Å². The fourth-order valence-corrected chi connectivity index (χ4v) is 2.02. The molecule has 0 aliphatic carbocycles. The largest absolute Gasteiger partial charge is 0.416 e. The fourth-order valence-electron chi connectivity index (χ4n) is 2.02. The van der Waals surface area contributed by atoms with Crippen LogP contribution >= 0.6 is 0 Å². The van der Waals surface area contributed by atoms with E-state index in [2.05, 4.69) is 20.3 Å². The van der Waals surface area contributed by atoms with Crippen LogP contribution in [-0.2, 0) is 23.9 Å². The van der Waals surface area contributed by atoms with Gasteiger partial charge in [-0.05, 0) is 19.1 Å². The number of pyridine rings is 1. The summed E-state index contributed by atoms with van der Waals surface area (Å²) in [6.07, 6.45) is -2.83. The second-order valence-corrected chi connectivity index (χ2v) is 4.95. The number of ether oxygens (including phenoxy) is 1. The van der Waals surface area contributed by atoms with Crippen LogP contribution in [0.5, 0.6) is 0 Å². The number of halogens is 3. The zero-order valence-electron chi connectivity index (χ0n) is 12.8. The Bertz CT molecular complexity index is 661. The maximum absolute atomic E-state index is 12.6. The number of anilines is 1. The first-order chi connectivity index (χ1) is 10.9. The minimum Gasteiger partial charge on any atom is -0.377 e. The van der Waals surface area contributed by atoms with E-state index in [9.17, 15) is 13.2 Å². The molecular formula is C15H17F3N4O. The Labute approximate surface area is 131 Å². The van der Waals surface area contributed by atoms with Gasteiger partial charge in [-0.3, -0.25) is 4.98 Å². The van der Waals surface area contributed by atoms with Crippen molar-refractivity contribution >= 4 is 5.82 Å². The quantitative estimate of drug-likeness (QED) is 0.884. The molecule has 0 unspecified atom stereocenters. The Morgan fingerprint density at radius 3 is 2.70 bits per heavy atom. The lowest BCUT2D eigenvalue weighted by Gasteiger charge is -2.10. The number of hydrogen-bond acceptors (Lipinski definition) is 5. The molecule has 0 radical (unpaired) electrons. The summed E-state index contributed by atoms with van der Waals surface area (Å²) < 4.78 is 42.9. The van der Waals surface area contributed by atoms with Crippen LogP contribution in [0.15, 0.2) is 24.4 Å². The van der Waals surface area contributed by atoms with Crippen LogP contribution in [0.4, 0.5) is 19.0 Å². The lowest BCUT2D eigenvalue weighted by Crippen LogP contribution is -2.11. The summed E-state index contributed by atoms with van der Waals surface area (Å²) in [5.74, 6) is 1.16. The fraction of sp³-hybridized carbons (Fsp3) is 0.400. The van der Waals surface area contributed by atoms with E-state index in [1.165, 1.54) is 6.20 Å². The van der Waals surface area contributed by atoms with Gasteiger partial charge in [0.2, 0.25) is 0 Å². The first-order valence-corrected chi connectivity index (χ1v) is 6.98. The molecule has 0 saturated heterocycles. The third-order valence-electron chi connectivity index (χ3n) is 3.01. The summed E-state index contributed by atoms with van der Waals surface area (Å²) in [4.78, 5) is 12.4. The molecule has 0 atom stereocenters. The predicted molar refractivity (Wildman–Crippen MR) is 78.9 cm³/mol. The second kappa shape index (κ2) is 7.36. The van der Waals surface area contributed by atoms with Crippen molar-refractivity contribution in [3.05, 3.63) is 47.2 Å². The summed E-state index contributed by atoms with van der Waals surface area (Å²) in [6.45, 7) is 2.54. The number of nitrogens with zero attached hydrogens (tertiary/aromatic N) is 3. The van der Waals surface area contributed by atoms with Crippen molar-refractivity contribution in [1.82, 2.24) is 15.0 Å². The standard InChI is InChI=1S/C15H17F3N4O/c1-10-7-13(22-14(21-10)9-23-2)20-6-4-12-8-11(3-5-19-12)15(16,17)18/h3,5,7-8H,4,6,9H2,1-2H3,(H,20,21,22). The normalized spacial score (nSPS) is 11.5. The molecule has 8 heteroatoms. The molecular weight excluding hydrogens is 309 g/mol. The molecule has 0 aliphatic rings. The molecule has 0 aromatic carbocycles. The number of alkyl halides is 3. The van der Waals surface area contributed by atoms with E-state index in [4.69, 9.17) is 4.74 Å². The Hall–Kier alpha value is -2.22. The van der Waals surface area contributed by atoms with Crippen molar-refractivity contribution in [2.24, 2.45) is 0 Å². The van der Waals surface area contributed by atoms with Crippen molar-refractivity contribution in [2.45, 2.75) is 26.1 Å². The van der Waals surface area contributed by atoms with Gasteiger partial charge < -0.3 is 10.1 Å². The number of aryl methyl sites for hydroxylation is 1. The van der Waals surface area contributed by atoms with Gasteiger partial charge in [0.05, 0.1) is 5.56 Å². The number of hydrogen-bond donors (Lipinski definition) is 1. The van der Waals surface area contributed by atoms with Crippen LogP contribution in [0.2, 0.25) is 0 Å². The highest BCUT2D eigenvalue weighted by molar-refractivity contribution is 5.36. The molecule has 5 nitrogen and oxygen atoms in total. The van der Waals surface area contributed by atoms with E-state index in [0.29, 0.717) is 36.9 Å². The van der Waals surface area contributed by atoms with E-state index in [-0.39, 0.29) is 0 Å². The highest BCUT2D eigenvalue weighted by atomic mass is 19.4. The van der Waals surface area contributed by atoms with Gasteiger partial charge in [-0.2, -0.15) is 13.2 Å². The van der Waals surface area contributed by atoms with Crippen LogP contribution in [-0.4, -0.2) is 28.6 Å². The molecule has 0 bridgehead atoms. The number of nitrogens with one attached hydrogen (secondary N) is 1. The first kappa shape index (κ1) is 17.1. The van der Waals surface area contributed by atoms with Crippen LogP contribution < -0.4 is 5.32 Å². The molecule has 0 aliphatic heterocycles. The molecule has 1 N–H and O–H groups in total. The molecule has 0 saturated carbocycles. The highest BCUT2D eigenvalue weighted by Crippen LogP contribution is 2.29. The van der Waals surface area contributed by atoms with Crippen molar-refractivity contribution in [1.29, 1.82) is 0 Å². The monoisotopic (exact) mass is 326 g/mol. The molecule has 0 amide bonds.